The van der Waals surface area contributed by atoms with Crippen LogP contribution in [-0.2, 0) is 0 Å². The van der Waals surface area contributed by atoms with E-state index < -0.39 is 0 Å². The minimum Gasteiger partial charge on any atom is -0.373 e. The lowest BCUT2D eigenvalue weighted by molar-refractivity contribution is 0.970. The van der Waals surface area contributed by atoms with E-state index in [0.29, 0.717) is 0 Å². The molecule has 0 bridgehead atoms. The summed E-state index contributed by atoms with van der Waals surface area (Å²) in [4.78, 5) is 4.02. The third-order valence-corrected chi connectivity index (χ3v) is 0.978. The zero-order valence-corrected chi connectivity index (χ0v) is 5.26. The third kappa shape index (κ3) is 1.59. The van der Waals surface area contributed by atoms with Crippen molar-refractivity contribution in [1.82, 2.24) is 5.32 Å². The number of hydrogen-bond acceptors (Lipinski definition) is 2. The van der Waals surface area contributed by atoms with Crippen molar-refractivity contribution in [1.29, 1.82) is 0 Å². The number of nitrogens with one attached hydrogen (secondary N) is 1. The van der Waals surface area contributed by atoms with Gasteiger partial charge in [-0.3, -0.25) is 0 Å². The summed E-state index contributed by atoms with van der Waals surface area (Å²) in [6.45, 7) is 0. The van der Waals surface area contributed by atoms with Crippen LogP contribution in [0.15, 0.2) is 34.8 Å². The van der Waals surface area contributed by atoms with Gasteiger partial charge in [0.1, 0.15) is 5.82 Å². The van der Waals surface area contributed by atoms with Crippen LogP contribution in [0.4, 0.5) is 0 Å². The fourth-order valence-corrected chi connectivity index (χ4v) is 0.534. The molecule has 46 valence electrons. The Morgan fingerprint density at radius 2 is 2.44 bits per heavy atom. The smallest absolute Gasteiger partial charge is 0.126 e. The Hall–Kier alpha value is -1.27. The molecule has 1 rings (SSSR count). The molecule has 0 fully saturated rings. The summed E-state index contributed by atoms with van der Waals surface area (Å²) in [6, 6.07) is 0. The second-order valence-corrected chi connectivity index (χ2v) is 1.58. The van der Waals surface area contributed by atoms with Crippen LogP contribution in [0.5, 0.6) is 0 Å². The number of aliphatic imine (C=N–C) groups is 1. The second kappa shape index (κ2) is 2.90. The lowest BCUT2D eigenvalue weighted by atomic mass is 10.5. The highest BCUT2D eigenvalue weighted by molar-refractivity contribution is 5.72. The molecule has 0 spiro atoms. The molecule has 1 N–H and O–H groups in total. The van der Waals surface area contributed by atoms with Gasteiger partial charge in [0.2, 0.25) is 0 Å². The molecule has 0 radical (unpaired) electrons. The van der Waals surface area contributed by atoms with Crippen molar-refractivity contribution in [3.8, 4) is 0 Å². The van der Waals surface area contributed by atoms with Crippen molar-refractivity contribution < 1.29 is 0 Å². The van der Waals surface area contributed by atoms with Crippen LogP contribution in [-0.4, -0.2) is 13.3 Å². The van der Waals surface area contributed by atoms with Gasteiger partial charge in [0.05, 0.1) is 0 Å². The maximum Gasteiger partial charge on any atom is 0.126 e. The first-order valence-corrected chi connectivity index (χ1v) is 2.76. The van der Waals surface area contributed by atoms with E-state index in [0.717, 1.165) is 5.82 Å². The van der Waals surface area contributed by atoms with Crippen molar-refractivity contribution in [2.45, 2.75) is 0 Å². The van der Waals surface area contributed by atoms with Crippen LogP contribution >= 0.6 is 0 Å². The van der Waals surface area contributed by atoms with Gasteiger partial charge >= 0.3 is 0 Å². The van der Waals surface area contributed by atoms with E-state index in [1.54, 1.807) is 12.3 Å². The Bertz CT molecular complexity index is 205. The molecule has 1 heterocycles. The zero-order valence-electron chi connectivity index (χ0n) is 5.26. The van der Waals surface area contributed by atoms with Crippen LogP contribution in [0.25, 0.3) is 0 Å². The van der Waals surface area contributed by atoms with Gasteiger partial charge in [-0.1, -0.05) is 0 Å². The van der Waals surface area contributed by atoms with E-state index in [4.69, 9.17) is 0 Å². The van der Waals surface area contributed by atoms with Crippen LogP contribution in [0.2, 0.25) is 0 Å². The molecular weight excluding hydrogens is 112 g/mol. The molecular formula is C7H8N2. The van der Waals surface area contributed by atoms with Crippen molar-refractivity contribution in [3.63, 3.8) is 0 Å². The monoisotopic (exact) mass is 120 g/mol. The molecule has 0 aromatic carbocycles. The van der Waals surface area contributed by atoms with E-state index in [1.807, 2.05) is 19.2 Å². The second-order valence-electron chi connectivity index (χ2n) is 1.58. The van der Waals surface area contributed by atoms with Crippen molar-refractivity contribution >= 4 is 6.21 Å². The van der Waals surface area contributed by atoms with E-state index in [-0.39, 0.29) is 0 Å². The van der Waals surface area contributed by atoms with E-state index in [1.165, 1.54) is 0 Å². The Kier molecular flexibility index (Phi) is 1.89. The Morgan fingerprint density at radius 1 is 1.56 bits per heavy atom. The van der Waals surface area contributed by atoms with Gasteiger partial charge in [0.15, 0.2) is 0 Å². The minimum atomic E-state index is 0.858. The Morgan fingerprint density at radius 3 is 3.22 bits per heavy atom. The normalized spacial score (nSPS) is 15.0. The van der Waals surface area contributed by atoms with E-state index >= 15 is 0 Å². The topological polar surface area (TPSA) is 24.4 Å². The number of allylic oxidation sites excluding steroid dienone is 2. The Balaban J connectivity index is 2.78. The van der Waals surface area contributed by atoms with E-state index in [9.17, 15) is 0 Å². The zero-order chi connectivity index (χ0) is 6.53. The van der Waals surface area contributed by atoms with Gasteiger partial charge in [0, 0.05) is 13.3 Å². The van der Waals surface area contributed by atoms with Crippen LogP contribution in [0.3, 0.4) is 0 Å². The molecule has 1 aliphatic heterocycles. The summed E-state index contributed by atoms with van der Waals surface area (Å²) in [5, 5.41) is 2.92. The summed E-state index contributed by atoms with van der Waals surface area (Å²) in [5.41, 5.74) is 2.90. The van der Waals surface area contributed by atoms with Gasteiger partial charge in [-0.25, -0.2) is 4.99 Å². The van der Waals surface area contributed by atoms with E-state index in [2.05, 4.69) is 16.0 Å². The fraction of sp³-hybridized carbons (Fsp3) is 0.143. The highest BCUT2D eigenvalue weighted by Crippen LogP contribution is 1.91. The molecule has 0 atom stereocenters. The van der Waals surface area contributed by atoms with Gasteiger partial charge in [-0.15, -0.1) is 5.73 Å². The number of hydrogen-bond donors (Lipinski definition) is 1. The average molecular weight is 120 g/mol. The van der Waals surface area contributed by atoms with Gasteiger partial charge in [-0.2, -0.15) is 0 Å². The van der Waals surface area contributed by atoms with Crippen molar-refractivity contribution in [2.75, 3.05) is 7.05 Å². The number of nitrogens with zero attached hydrogens (tertiary/aromatic N) is 1. The predicted octanol–water partition coefficient (Wildman–Crippen LogP) is 0.843. The molecule has 0 saturated carbocycles. The van der Waals surface area contributed by atoms with Gasteiger partial charge in [-0.05, 0) is 18.2 Å². The standard InChI is InChI=1S/C7H8N2/c1-8-7-5-3-2-4-6-9-7/h3-6,8H,1H3. The van der Waals surface area contributed by atoms with Gasteiger partial charge < -0.3 is 5.32 Å². The SMILES string of the molecule is CNC1=CC=C=CC=N1. The molecule has 0 amide bonds. The third-order valence-electron chi connectivity index (χ3n) is 0.978. The minimum absolute atomic E-state index is 0.858. The maximum atomic E-state index is 4.02. The quantitative estimate of drug-likeness (QED) is 0.509. The molecule has 2 heteroatoms. The van der Waals surface area contributed by atoms with Gasteiger partial charge in [0.25, 0.3) is 0 Å². The average Bonchev–Trinajstić information content (AvgIpc) is 2.13. The van der Waals surface area contributed by atoms with Crippen LogP contribution in [0.1, 0.15) is 0 Å². The first kappa shape index (κ1) is 5.86. The van der Waals surface area contributed by atoms with Crippen molar-refractivity contribution in [2.24, 2.45) is 4.99 Å². The molecule has 1 aliphatic rings. The lowest BCUT2D eigenvalue weighted by Crippen LogP contribution is -2.02. The summed E-state index contributed by atoms with van der Waals surface area (Å²) in [7, 11) is 1.84. The molecule has 0 unspecified atom stereocenters. The van der Waals surface area contributed by atoms with Crippen LogP contribution < -0.4 is 5.32 Å². The lowest BCUT2D eigenvalue weighted by Gasteiger charge is -1.93. The molecule has 0 aromatic rings. The molecule has 0 saturated heterocycles. The predicted molar refractivity (Wildman–Crippen MR) is 38.3 cm³/mol. The largest absolute Gasteiger partial charge is 0.373 e. The summed E-state index contributed by atoms with van der Waals surface area (Å²) >= 11 is 0. The molecule has 0 aliphatic carbocycles. The van der Waals surface area contributed by atoms with Crippen molar-refractivity contribution in [3.05, 3.63) is 29.8 Å². The first-order valence-electron chi connectivity index (χ1n) is 2.76. The fourth-order valence-electron chi connectivity index (χ4n) is 0.534. The summed E-state index contributed by atoms with van der Waals surface area (Å²) in [6.07, 6.45) is 7.14. The summed E-state index contributed by atoms with van der Waals surface area (Å²) in [5.74, 6) is 0.858. The number of rotatable bonds is 1. The molecule has 9 heavy (non-hydrogen) atoms. The molecule has 0 aromatic heterocycles. The highest BCUT2D eigenvalue weighted by Gasteiger charge is 1.83. The maximum absolute atomic E-state index is 4.02. The molecule has 2 nitrogen and oxygen atoms in total. The highest BCUT2D eigenvalue weighted by atomic mass is 15.0. The first-order chi connectivity index (χ1) is 4.43. The summed E-state index contributed by atoms with van der Waals surface area (Å²) < 4.78 is 0. The Labute approximate surface area is 54.3 Å². The van der Waals surface area contributed by atoms with Crippen LogP contribution in [0, 0.1) is 0 Å².